The number of carbonyl (C=O) groups is 2. The zero-order valence-corrected chi connectivity index (χ0v) is 14.9. The molecule has 6 heteroatoms. The molecule has 0 bridgehead atoms. The number of hydrogen-bond acceptors (Lipinski definition) is 3. The predicted octanol–water partition coefficient (Wildman–Crippen LogP) is 3.07. The summed E-state index contributed by atoms with van der Waals surface area (Å²) < 4.78 is 5.31. The molecule has 1 saturated heterocycles. The highest BCUT2D eigenvalue weighted by atomic mass is 16.6. The van der Waals surface area contributed by atoms with Crippen LogP contribution in [-0.4, -0.2) is 45.9 Å². The quantitative estimate of drug-likeness (QED) is 0.765. The van der Waals surface area contributed by atoms with Gasteiger partial charge in [0.1, 0.15) is 5.60 Å². The van der Waals surface area contributed by atoms with Gasteiger partial charge in [-0.3, -0.25) is 4.90 Å². The molecule has 0 aromatic carbocycles. The van der Waals surface area contributed by atoms with Gasteiger partial charge in [-0.15, -0.1) is 12.3 Å². The molecule has 1 aliphatic rings. The number of rotatable bonds is 2. The van der Waals surface area contributed by atoms with Crippen molar-refractivity contribution in [2.75, 3.05) is 6.54 Å². The van der Waals surface area contributed by atoms with Crippen molar-refractivity contribution in [3.63, 3.8) is 0 Å². The van der Waals surface area contributed by atoms with Crippen LogP contribution in [0, 0.1) is 17.8 Å². The fraction of sp³-hybridized carbons (Fsp3) is 0.765. The Hall–Kier alpha value is -1.90. The summed E-state index contributed by atoms with van der Waals surface area (Å²) in [6, 6.07) is -0.399. The van der Waals surface area contributed by atoms with Gasteiger partial charge in [-0.05, 0) is 32.6 Å². The normalized spacial score (nSPS) is 24.9. The number of nitrogens with zero attached hydrogens (tertiary/aromatic N) is 1. The van der Waals surface area contributed by atoms with Gasteiger partial charge < -0.3 is 15.2 Å². The number of alkyl carbamates (subject to hydrolysis) is 1. The second kappa shape index (κ2) is 6.31. The summed E-state index contributed by atoms with van der Waals surface area (Å²) >= 11 is 0. The maximum Gasteiger partial charge on any atom is 0.407 e. The van der Waals surface area contributed by atoms with E-state index in [4.69, 9.17) is 11.2 Å². The maximum atomic E-state index is 12.2. The van der Waals surface area contributed by atoms with Gasteiger partial charge in [-0.2, -0.15) is 0 Å². The SMILES string of the molecule is C#CC[C@@]1(C(C)(C)C)[C@@H](NC(=O)OC(C)(C)C)CCN1C(=O)O. The van der Waals surface area contributed by atoms with E-state index in [0.717, 1.165) is 0 Å². The fourth-order valence-electron chi connectivity index (χ4n) is 3.36. The number of nitrogens with one attached hydrogen (secondary N) is 1. The average molecular weight is 324 g/mol. The monoisotopic (exact) mass is 324 g/mol. The average Bonchev–Trinajstić information content (AvgIpc) is 2.66. The Labute approximate surface area is 138 Å². The van der Waals surface area contributed by atoms with Crippen LogP contribution in [0.2, 0.25) is 0 Å². The first kappa shape index (κ1) is 19.1. The van der Waals surface area contributed by atoms with Gasteiger partial charge >= 0.3 is 12.2 Å². The molecule has 130 valence electrons. The molecular weight excluding hydrogens is 296 g/mol. The van der Waals surface area contributed by atoms with E-state index in [0.29, 0.717) is 13.0 Å². The van der Waals surface area contributed by atoms with Crippen LogP contribution in [0.15, 0.2) is 0 Å². The highest BCUT2D eigenvalue weighted by molar-refractivity contribution is 5.71. The summed E-state index contributed by atoms with van der Waals surface area (Å²) in [6.45, 7) is 11.5. The molecule has 6 nitrogen and oxygen atoms in total. The summed E-state index contributed by atoms with van der Waals surface area (Å²) in [5.74, 6) is 2.60. The van der Waals surface area contributed by atoms with Crippen LogP contribution < -0.4 is 5.32 Å². The van der Waals surface area contributed by atoms with Crippen LogP contribution in [0.25, 0.3) is 0 Å². The molecule has 1 rings (SSSR count). The van der Waals surface area contributed by atoms with Gasteiger partial charge in [-0.1, -0.05) is 20.8 Å². The molecule has 0 aliphatic carbocycles. The molecule has 2 atom stereocenters. The summed E-state index contributed by atoms with van der Waals surface area (Å²) in [5, 5.41) is 12.4. The first-order valence-corrected chi connectivity index (χ1v) is 7.78. The van der Waals surface area contributed by atoms with Crippen molar-refractivity contribution in [1.82, 2.24) is 10.2 Å². The van der Waals surface area contributed by atoms with Crippen molar-refractivity contribution < 1.29 is 19.4 Å². The first-order chi connectivity index (χ1) is 10.3. The van der Waals surface area contributed by atoms with E-state index in [1.807, 2.05) is 20.8 Å². The zero-order valence-electron chi connectivity index (χ0n) is 14.9. The number of carbonyl (C=O) groups excluding carboxylic acids is 1. The smallest absolute Gasteiger partial charge is 0.407 e. The summed E-state index contributed by atoms with van der Waals surface area (Å²) in [4.78, 5) is 25.2. The third-order valence-corrected chi connectivity index (χ3v) is 4.29. The molecule has 1 aliphatic heterocycles. The van der Waals surface area contributed by atoms with E-state index in [-0.39, 0.29) is 6.42 Å². The molecule has 0 aromatic heterocycles. The second-order valence-electron chi connectivity index (χ2n) is 7.98. The largest absolute Gasteiger partial charge is 0.465 e. The third kappa shape index (κ3) is 3.90. The number of likely N-dealkylation sites (tertiary alicyclic amines) is 1. The molecule has 0 radical (unpaired) electrons. The lowest BCUT2D eigenvalue weighted by molar-refractivity contribution is 0.00910. The second-order valence-corrected chi connectivity index (χ2v) is 7.98. The van der Waals surface area contributed by atoms with Crippen molar-refractivity contribution in [3.05, 3.63) is 0 Å². The van der Waals surface area contributed by atoms with E-state index < -0.39 is 34.8 Å². The minimum atomic E-state index is -1.02. The van der Waals surface area contributed by atoms with E-state index >= 15 is 0 Å². The van der Waals surface area contributed by atoms with Gasteiger partial charge in [-0.25, -0.2) is 9.59 Å². The topological polar surface area (TPSA) is 78.9 Å². The van der Waals surface area contributed by atoms with Crippen LogP contribution in [-0.2, 0) is 4.74 Å². The van der Waals surface area contributed by atoms with Crippen molar-refractivity contribution in [2.45, 2.75) is 71.6 Å². The van der Waals surface area contributed by atoms with Gasteiger partial charge in [0, 0.05) is 13.0 Å². The maximum absolute atomic E-state index is 12.2. The molecule has 23 heavy (non-hydrogen) atoms. The van der Waals surface area contributed by atoms with Crippen LogP contribution in [0.3, 0.4) is 0 Å². The highest BCUT2D eigenvalue weighted by Gasteiger charge is 2.58. The Balaban J connectivity index is 3.17. The van der Waals surface area contributed by atoms with Crippen molar-refractivity contribution in [2.24, 2.45) is 5.41 Å². The van der Waals surface area contributed by atoms with Crippen molar-refractivity contribution in [1.29, 1.82) is 0 Å². The summed E-state index contributed by atoms with van der Waals surface area (Å²) in [6.07, 6.45) is 4.68. The van der Waals surface area contributed by atoms with Gasteiger partial charge in [0.25, 0.3) is 0 Å². The van der Waals surface area contributed by atoms with E-state index in [2.05, 4.69) is 11.2 Å². The zero-order chi connectivity index (χ0) is 18.1. The Morgan fingerprint density at radius 3 is 2.30 bits per heavy atom. The van der Waals surface area contributed by atoms with Crippen LogP contribution in [0.1, 0.15) is 54.4 Å². The summed E-state index contributed by atoms with van der Waals surface area (Å²) in [5.41, 5.74) is -1.94. The van der Waals surface area contributed by atoms with Crippen LogP contribution in [0.4, 0.5) is 9.59 Å². The van der Waals surface area contributed by atoms with Gasteiger partial charge in [0.05, 0.1) is 11.6 Å². The van der Waals surface area contributed by atoms with Crippen molar-refractivity contribution >= 4 is 12.2 Å². The Kier molecular flexibility index (Phi) is 5.25. The lowest BCUT2D eigenvalue weighted by Crippen LogP contribution is -2.64. The number of ether oxygens (including phenoxy) is 1. The lowest BCUT2D eigenvalue weighted by atomic mass is 9.67. The fourth-order valence-corrected chi connectivity index (χ4v) is 3.36. The third-order valence-electron chi connectivity index (χ3n) is 4.29. The van der Waals surface area contributed by atoms with Gasteiger partial charge in [0.2, 0.25) is 0 Å². The van der Waals surface area contributed by atoms with Crippen LogP contribution >= 0.6 is 0 Å². The predicted molar refractivity (Wildman–Crippen MR) is 88.1 cm³/mol. The molecule has 0 saturated carbocycles. The molecule has 0 spiro atoms. The molecule has 0 aromatic rings. The number of hydrogen-bond donors (Lipinski definition) is 2. The minimum Gasteiger partial charge on any atom is -0.465 e. The first-order valence-electron chi connectivity index (χ1n) is 7.78. The molecule has 2 amide bonds. The Morgan fingerprint density at radius 2 is 1.91 bits per heavy atom. The molecular formula is C17H28N2O4. The van der Waals surface area contributed by atoms with Gasteiger partial charge in [0.15, 0.2) is 0 Å². The minimum absolute atomic E-state index is 0.225. The molecule has 1 heterocycles. The van der Waals surface area contributed by atoms with Crippen molar-refractivity contribution in [3.8, 4) is 12.3 Å². The molecule has 1 fully saturated rings. The molecule has 0 unspecified atom stereocenters. The summed E-state index contributed by atoms with van der Waals surface area (Å²) in [7, 11) is 0. The Bertz CT molecular complexity index is 510. The lowest BCUT2D eigenvalue weighted by Gasteiger charge is -2.49. The van der Waals surface area contributed by atoms with E-state index in [1.54, 1.807) is 20.8 Å². The standard InChI is InChI=1S/C17H28N2O4/c1-8-10-17(15(2,3)4)12(9-11-19(17)14(21)22)18-13(20)23-16(5,6)7/h1,12H,9-11H2,2-7H3,(H,18,20)(H,21,22)/t12-,17-/m0/s1. The number of carboxylic acid groups (broad SMARTS) is 1. The van der Waals surface area contributed by atoms with Crippen LogP contribution in [0.5, 0.6) is 0 Å². The number of terminal acetylenes is 1. The Morgan fingerprint density at radius 1 is 1.35 bits per heavy atom. The number of amides is 2. The van der Waals surface area contributed by atoms with E-state index in [9.17, 15) is 14.7 Å². The molecule has 2 N–H and O–H groups in total. The highest BCUT2D eigenvalue weighted by Crippen LogP contribution is 2.46. The van der Waals surface area contributed by atoms with E-state index in [1.165, 1.54) is 4.90 Å².